The Balaban J connectivity index is 1.57. The number of ketones is 1. The summed E-state index contributed by atoms with van der Waals surface area (Å²) >= 11 is 0. The van der Waals surface area contributed by atoms with Gasteiger partial charge in [0.2, 0.25) is 0 Å². The number of aliphatic hydroxyl groups is 7. The van der Waals surface area contributed by atoms with Gasteiger partial charge in [0.05, 0.1) is 19.4 Å². The molecule has 48 heavy (non-hydrogen) atoms. The molecule has 2 fully saturated rings. The molecule has 0 radical (unpaired) electrons. The Morgan fingerprint density at radius 2 is 1.60 bits per heavy atom. The maximum absolute atomic E-state index is 13.1. The lowest BCUT2D eigenvalue weighted by molar-refractivity contribution is -0.355. The van der Waals surface area contributed by atoms with Crippen molar-refractivity contribution in [3.8, 4) is 0 Å². The molecule has 2 saturated heterocycles. The predicted octanol–water partition coefficient (Wildman–Crippen LogP) is -0.760. The highest BCUT2D eigenvalue weighted by molar-refractivity contribution is 6.01. The molecule has 0 saturated carbocycles. The molecule has 3 aliphatic rings. The van der Waals surface area contributed by atoms with Crippen LogP contribution in [0.15, 0.2) is 47.1 Å². The first-order valence-electron chi connectivity index (χ1n) is 15.8. The van der Waals surface area contributed by atoms with E-state index < -0.39 is 111 Å². The third kappa shape index (κ3) is 9.65. The number of carbonyl (C=O) groups is 3. The summed E-state index contributed by atoms with van der Waals surface area (Å²) in [4.78, 5) is 38.3. The zero-order chi connectivity index (χ0) is 35.9. The Morgan fingerprint density at radius 1 is 0.938 bits per heavy atom. The Morgan fingerprint density at radius 3 is 2.25 bits per heavy atom. The maximum Gasteiger partial charge on any atom is 0.307 e. The number of carbonyl (C=O) groups excluding carboxylic acids is 3. The molecule has 3 rings (SSSR count). The van der Waals surface area contributed by atoms with Crippen molar-refractivity contribution in [2.24, 2.45) is 5.41 Å². The summed E-state index contributed by atoms with van der Waals surface area (Å²) in [5.74, 6) is -2.04. The van der Waals surface area contributed by atoms with Gasteiger partial charge >= 0.3 is 11.9 Å². The zero-order valence-electron chi connectivity index (χ0n) is 27.7. The van der Waals surface area contributed by atoms with Gasteiger partial charge in [0, 0.05) is 6.42 Å². The van der Waals surface area contributed by atoms with Gasteiger partial charge < -0.3 is 59.4 Å². The third-order valence-electron chi connectivity index (χ3n) is 8.57. The van der Waals surface area contributed by atoms with Crippen molar-refractivity contribution in [2.75, 3.05) is 13.2 Å². The summed E-state index contributed by atoms with van der Waals surface area (Å²) in [7, 11) is 0. The minimum atomic E-state index is -1.92. The highest BCUT2D eigenvalue weighted by atomic mass is 16.7. The van der Waals surface area contributed by atoms with Gasteiger partial charge in [0.25, 0.3) is 0 Å². The van der Waals surface area contributed by atoms with Crippen LogP contribution in [0.2, 0.25) is 0 Å². The quantitative estimate of drug-likeness (QED) is 0.0988. The van der Waals surface area contributed by atoms with Gasteiger partial charge in [-0.25, -0.2) is 0 Å². The topological polar surface area (TPSA) is 239 Å². The fourth-order valence-electron chi connectivity index (χ4n) is 5.74. The van der Waals surface area contributed by atoms with Crippen LogP contribution >= 0.6 is 0 Å². The Bertz CT molecular complexity index is 1270. The van der Waals surface area contributed by atoms with Crippen molar-refractivity contribution >= 4 is 17.7 Å². The van der Waals surface area contributed by atoms with Crippen molar-refractivity contribution in [3.63, 3.8) is 0 Å². The fraction of sp³-hybridized carbons (Fsp3) is 0.667. The van der Waals surface area contributed by atoms with Crippen LogP contribution in [-0.2, 0) is 38.1 Å². The molecule has 1 aliphatic carbocycles. The normalized spacial score (nSPS) is 36.1. The smallest absolute Gasteiger partial charge is 0.307 e. The van der Waals surface area contributed by atoms with Gasteiger partial charge in [-0.15, -0.1) is 0 Å². The van der Waals surface area contributed by atoms with Crippen molar-refractivity contribution in [1.82, 2.24) is 0 Å². The van der Waals surface area contributed by atoms with Gasteiger partial charge in [0.1, 0.15) is 55.4 Å². The van der Waals surface area contributed by atoms with Crippen LogP contribution in [0.1, 0.15) is 53.9 Å². The second-order valence-corrected chi connectivity index (χ2v) is 12.8. The highest BCUT2D eigenvalue weighted by Gasteiger charge is 2.50. The lowest BCUT2D eigenvalue weighted by Gasteiger charge is -2.45. The molecule has 0 bridgehead atoms. The van der Waals surface area contributed by atoms with E-state index in [2.05, 4.69) is 0 Å². The van der Waals surface area contributed by atoms with Crippen LogP contribution < -0.4 is 0 Å². The van der Waals surface area contributed by atoms with E-state index in [4.69, 9.17) is 23.7 Å². The molecule has 0 aromatic rings. The maximum atomic E-state index is 13.1. The molecule has 11 unspecified atom stereocenters. The molecule has 0 aromatic heterocycles. The van der Waals surface area contributed by atoms with Crippen LogP contribution in [0.25, 0.3) is 0 Å². The molecule has 15 nitrogen and oxygen atoms in total. The summed E-state index contributed by atoms with van der Waals surface area (Å²) in [6.07, 6.45) is -9.23. The number of ether oxygens (including phenoxy) is 5. The lowest BCUT2D eigenvalue weighted by atomic mass is 9.71. The minimum Gasteiger partial charge on any atom is -0.463 e. The molecule has 270 valence electrons. The molecule has 0 amide bonds. The van der Waals surface area contributed by atoms with E-state index in [0.29, 0.717) is 5.57 Å². The zero-order valence-corrected chi connectivity index (χ0v) is 27.7. The average Bonchev–Trinajstić information content (AvgIpc) is 3.04. The fourth-order valence-corrected chi connectivity index (χ4v) is 5.74. The number of aliphatic hydroxyl groups excluding tert-OH is 7. The average molecular weight is 685 g/mol. The molecule has 7 N–H and O–H groups in total. The van der Waals surface area contributed by atoms with E-state index in [1.54, 1.807) is 6.92 Å². The van der Waals surface area contributed by atoms with Crippen LogP contribution in [0.3, 0.4) is 0 Å². The van der Waals surface area contributed by atoms with E-state index >= 15 is 0 Å². The number of rotatable bonds is 12. The summed E-state index contributed by atoms with van der Waals surface area (Å²) in [5.41, 5.74) is 1.81. The summed E-state index contributed by atoms with van der Waals surface area (Å²) in [6, 6.07) is 0. The number of allylic oxidation sites excluding steroid dienone is 7. The van der Waals surface area contributed by atoms with Crippen molar-refractivity contribution < 1.29 is 73.8 Å². The highest BCUT2D eigenvalue weighted by Crippen LogP contribution is 2.41. The first-order chi connectivity index (χ1) is 22.5. The standard InChI is InChI=1S/C33H48O15/c1-6-7-8-16(2)9-10-18-17(3)24(37)19(13-33(18,4)5)45-23(36)12-11-22(35)44-15-21-30(27(40)28(41)31(43)46-21)48-32-29(42)26(39)25(38)20(14-34)47-32/h6-10,19-21,25-32,34,38-43H,11-15H2,1-5H3/b7-6+,10-9+,16-8+. The molecule has 0 aromatic carbocycles. The Hall–Kier alpha value is -2.83. The van der Waals surface area contributed by atoms with E-state index in [1.165, 1.54) is 0 Å². The van der Waals surface area contributed by atoms with Gasteiger partial charge in [-0.3, -0.25) is 14.4 Å². The molecule has 2 heterocycles. The van der Waals surface area contributed by atoms with E-state index in [-0.39, 0.29) is 12.2 Å². The second-order valence-electron chi connectivity index (χ2n) is 12.8. The summed E-state index contributed by atoms with van der Waals surface area (Å²) in [6.45, 7) is 8.01. The van der Waals surface area contributed by atoms with E-state index in [0.717, 1.165) is 11.1 Å². The van der Waals surface area contributed by atoms with Gasteiger partial charge in [-0.2, -0.15) is 0 Å². The Kier molecular flexibility index (Phi) is 14.2. The third-order valence-corrected chi connectivity index (χ3v) is 8.57. The van der Waals surface area contributed by atoms with Crippen molar-refractivity contribution in [3.05, 3.63) is 47.1 Å². The number of hydrogen-bond donors (Lipinski definition) is 7. The van der Waals surface area contributed by atoms with Crippen LogP contribution in [0.5, 0.6) is 0 Å². The molecular formula is C33H48O15. The number of esters is 2. The molecule has 15 heteroatoms. The number of hydrogen-bond acceptors (Lipinski definition) is 15. The van der Waals surface area contributed by atoms with E-state index in [9.17, 15) is 50.1 Å². The van der Waals surface area contributed by atoms with Crippen LogP contribution in [0.4, 0.5) is 0 Å². The lowest BCUT2D eigenvalue weighted by Crippen LogP contribution is -2.64. The molecule has 11 atom stereocenters. The first kappa shape index (κ1) is 39.6. The van der Waals surface area contributed by atoms with Crippen LogP contribution in [-0.4, -0.2) is 134 Å². The van der Waals surface area contributed by atoms with Crippen molar-refractivity contribution in [2.45, 2.75) is 121 Å². The van der Waals surface area contributed by atoms with Gasteiger partial charge in [-0.1, -0.05) is 49.8 Å². The Labute approximate surface area is 278 Å². The van der Waals surface area contributed by atoms with Crippen LogP contribution in [0, 0.1) is 5.41 Å². The molecule has 2 aliphatic heterocycles. The molecular weight excluding hydrogens is 636 g/mol. The SMILES string of the molecule is C/C=C/C=C(C)/C=C/C1=C(C)C(=O)C(OC(=O)CCC(=O)OCC2OC(O)C(O)C(O)C2OC2OC(CO)C(O)C(O)C2O)CC1(C)C. The number of Topliss-reactive ketones (excluding diaryl/α,β-unsaturated/α-hetero) is 1. The minimum absolute atomic E-state index is 0.238. The van der Waals surface area contributed by atoms with E-state index in [1.807, 2.05) is 58.1 Å². The summed E-state index contributed by atoms with van der Waals surface area (Å²) in [5, 5.41) is 70.4. The predicted molar refractivity (Wildman–Crippen MR) is 165 cm³/mol. The molecule has 0 spiro atoms. The largest absolute Gasteiger partial charge is 0.463 e. The van der Waals surface area contributed by atoms with Crippen molar-refractivity contribution in [1.29, 1.82) is 0 Å². The van der Waals surface area contributed by atoms with Gasteiger partial charge in [0.15, 0.2) is 24.5 Å². The summed E-state index contributed by atoms with van der Waals surface area (Å²) < 4.78 is 26.7. The van der Waals surface area contributed by atoms with Gasteiger partial charge in [-0.05, 0) is 37.3 Å². The first-order valence-corrected chi connectivity index (χ1v) is 15.8. The second kappa shape index (κ2) is 17.2. The monoisotopic (exact) mass is 684 g/mol.